The van der Waals surface area contributed by atoms with Gasteiger partial charge in [-0.05, 0) is 31.1 Å². The number of carbonyl (C=O) groups is 1. The average Bonchev–Trinajstić information content (AvgIpc) is 2.90. The van der Waals surface area contributed by atoms with Gasteiger partial charge in [0.1, 0.15) is 5.01 Å². The molecule has 1 heterocycles. The summed E-state index contributed by atoms with van der Waals surface area (Å²) in [4.78, 5) is 16.3. The number of fused-ring (bicyclic) bond motifs is 2. The number of rotatable bonds is 3. The highest BCUT2D eigenvalue weighted by Gasteiger charge is 2.35. The molecular formula is C13H16N2OS. The first-order chi connectivity index (χ1) is 8.33. The predicted octanol–water partition coefficient (Wildman–Crippen LogP) is 2.36. The summed E-state index contributed by atoms with van der Waals surface area (Å²) in [7, 11) is 0. The Balaban J connectivity index is 1.58. The molecule has 4 heteroatoms. The van der Waals surface area contributed by atoms with E-state index in [-0.39, 0.29) is 11.8 Å². The quantitative estimate of drug-likeness (QED) is 0.834. The molecule has 1 saturated carbocycles. The van der Waals surface area contributed by atoms with Crippen LogP contribution in [0.25, 0.3) is 0 Å². The Morgan fingerprint density at radius 3 is 3.00 bits per heavy atom. The third-order valence-corrected chi connectivity index (χ3v) is 4.59. The Labute approximate surface area is 105 Å². The zero-order valence-corrected chi connectivity index (χ0v) is 10.5. The summed E-state index contributed by atoms with van der Waals surface area (Å²) in [6.45, 7) is 0.577. The molecule has 0 saturated heterocycles. The van der Waals surface area contributed by atoms with Crippen LogP contribution in [0, 0.1) is 17.8 Å². The largest absolute Gasteiger partial charge is 0.349 e. The standard InChI is InChI=1S/C13H16N2OS/c16-13(15-8-12-14-5-6-17-12)11-7-9-1-3-10(11)4-2-9/h1,3,5-6,9-11H,2,4,7-8H2,(H,15,16)/t9-,10+,11-/m1/s1. The molecule has 0 unspecified atom stereocenters. The van der Waals surface area contributed by atoms with Gasteiger partial charge >= 0.3 is 0 Å². The highest BCUT2D eigenvalue weighted by molar-refractivity contribution is 7.09. The van der Waals surface area contributed by atoms with Crippen molar-refractivity contribution in [1.82, 2.24) is 10.3 Å². The lowest BCUT2D eigenvalue weighted by molar-refractivity contribution is -0.128. The Morgan fingerprint density at radius 2 is 2.41 bits per heavy atom. The van der Waals surface area contributed by atoms with Crippen molar-refractivity contribution < 1.29 is 4.79 Å². The molecule has 2 bridgehead atoms. The van der Waals surface area contributed by atoms with Crippen LogP contribution in [0.5, 0.6) is 0 Å². The first-order valence-electron chi connectivity index (χ1n) is 6.17. The average molecular weight is 248 g/mol. The summed E-state index contributed by atoms with van der Waals surface area (Å²) >= 11 is 1.59. The molecule has 1 aromatic heterocycles. The van der Waals surface area contributed by atoms with E-state index in [2.05, 4.69) is 22.5 Å². The SMILES string of the molecule is O=C(NCc1nccs1)[C@@H]1C[C@@H]2C=C[C@H]1CC2. The van der Waals surface area contributed by atoms with E-state index in [0.717, 1.165) is 11.4 Å². The van der Waals surface area contributed by atoms with Crippen LogP contribution in [0.3, 0.4) is 0 Å². The van der Waals surface area contributed by atoms with E-state index in [4.69, 9.17) is 0 Å². The monoisotopic (exact) mass is 248 g/mol. The second-order valence-electron chi connectivity index (χ2n) is 4.87. The fourth-order valence-corrected chi connectivity index (χ4v) is 3.42. The molecule has 1 amide bonds. The van der Waals surface area contributed by atoms with Crippen LogP contribution in [-0.2, 0) is 11.3 Å². The van der Waals surface area contributed by atoms with E-state index < -0.39 is 0 Å². The normalized spacial score (nSPS) is 30.5. The lowest BCUT2D eigenvalue weighted by Crippen LogP contribution is -2.39. The highest BCUT2D eigenvalue weighted by Crippen LogP contribution is 2.40. The molecular weight excluding hydrogens is 232 g/mol. The molecule has 3 nitrogen and oxygen atoms in total. The van der Waals surface area contributed by atoms with Gasteiger partial charge in [-0.3, -0.25) is 4.79 Å². The van der Waals surface area contributed by atoms with Gasteiger partial charge in [0.15, 0.2) is 0 Å². The van der Waals surface area contributed by atoms with Crippen molar-refractivity contribution in [2.75, 3.05) is 0 Å². The van der Waals surface area contributed by atoms with E-state index >= 15 is 0 Å². The molecule has 0 spiro atoms. The first kappa shape index (κ1) is 11.0. The minimum atomic E-state index is 0.193. The molecule has 3 aliphatic rings. The molecule has 0 radical (unpaired) electrons. The van der Waals surface area contributed by atoms with Crippen molar-refractivity contribution in [2.24, 2.45) is 17.8 Å². The van der Waals surface area contributed by atoms with Gasteiger partial charge in [-0.25, -0.2) is 4.98 Å². The zero-order valence-electron chi connectivity index (χ0n) is 9.63. The van der Waals surface area contributed by atoms with Gasteiger partial charge in [0.05, 0.1) is 6.54 Å². The van der Waals surface area contributed by atoms with Crippen LogP contribution < -0.4 is 5.32 Å². The Bertz CT molecular complexity index is 427. The number of hydrogen-bond donors (Lipinski definition) is 1. The fourth-order valence-electron chi connectivity index (χ4n) is 2.87. The number of allylic oxidation sites excluding steroid dienone is 2. The van der Waals surface area contributed by atoms with E-state index in [1.54, 1.807) is 17.5 Å². The van der Waals surface area contributed by atoms with Crippen molar-refractivity contribution in [3.8, 4) is 0 Å². The summed E-state index contributed by atoms with van der Waals surface area (Å²) in [6, 6.07) is 0. The Hall–Kier alpha value is -1.16. The third-order valence-electron chi connectivity index (χ3n) is 3.81. The zero-order chi connectivity index (χ0) is 11.7. The number of nitrogens with one attached hydrogen (secondary N) is 1. The molecule has 4 rings (SSSR count). The van der Waals surface area contributed by atoms with Gasteiger partial charge in [-0.1, -0.05) is 12.2 Å². The van der Waals surface area contributed by atoms with Gasteiger partial charge in [-0.15, -0.1) is 11.3 Å². The highest BCUT2D eigenvalue weighted by atomic mass is 32.1. The van der Waals surface area contributed by atoms with Crippen molar-refractivity contribution in [3.63, 3.8) is 0 Å². The number of nitrogens with zero attached hydrogens (tertiary/aromatic N) is 1. The van der Waals surface area contributed by atoms with Crippen molar-refractivity contribution in [1.29, 1.82) is 0 Å². The maximum Gasteiger partial charge on any atom is 0.224 e. The molecule has 0 aromatic carbocycles. The Morgan fingerprint density at radius 1 is 1.47 bits per heavy atom. The summed E-state index contributed by atoms with van der Waals surface area (Å²) in [5.41, 5.74) is 0. The van der Waals surface area contributed by atoms with E-state index in [1.165, 1.54) is 12.8 Å². The minimum Gasteiger partial charge on any atom is -0.349 e. The molecule has 3 atom stereocenters. The predicted molar refractivity (Wildman–Crippen MR) is 67.4 cm³/mol. The number of hydrogen-bond acceptors (Lipinski definition) is 3. The van der Waals surface area contributed by atoms with Crippen LogP contribution >= 0.6 is 11.3 Å². The summed E-state index contributed by atoms with van der Waals surface area (Å²) in [5, 5.41) is 5.93. The van der Waals surface area contributed by atoms with Crippen molar-refractivity contribution in [2.45, 2.75) is 25.8 Å². The summed E-state index contributed by atoms with van der Waals surface area (Å²) in [6.07, 6.45) is 9.78. The van der Waals surface area contributed by atoms with Crippen LogP contribution in [0.1, 0.15) is 24.3 Å². The van der Waals surface area contributed by atoms with Gasteiger partial charge in [-0.2, -0.15) is 0 Å². The molecule has 17 heavy (non-hydrogen) atoms. The lowest BCUT2D eigenvalue weighted by Gasteiger charge is -2.36. The maximum absolute atomic E-state index is 12.1. The van der Waals surface area contributed by atoms with Crippen LogP contribution in [0.2, 0.25) is 0 Å². The van der Waals surface area contributed by atoms with Crippen LogP contribution in [-0.4, -0.2) is 10.9 Å². The first-order valence-corrected chi connectivity index (χ1v) is 7.05. The van der Waals surface area contributed by atoms with Crippen LogP contribution in [0.15, 0.2) is 23.7 Å². The number of aromatic nitrogens is 1. The third kappa shape index (κ3) is 2.27. The molecule has 0 aliphatic heterocycles. The molecule has 3 aliphatic carbocycles. The smallest absolute Gasteiger partial charge is 0.224 e. The van der Waals surface area contributed by atoms with Crippen LogP contribution in [0.4, 0.5) is 0 Å². The van der Waals surface area contributed by atoms with Crippen molar-refractivity contribution in [3.05, 3.63) is 28.7 Å². The molecule has 1 N–H and O–H groups in total. The number of thiazole rings is 1. The fraction of sp³-hybridized carbons (Fsp3) is 0.538. The molecule has 90 valence electrons. The second kappa shape index (κ2) is 4.61. The lowest BCUT2D eigenvalue weighted by atomic mass is 9.69. The van der Waals surface area contributed by atoms with E-state index in [1.807, 2.05) is 5.38 Å². The van der Waals surface area contributed by atoms with Crippen molar-refractivity contribution >= 4 is 17.2 Å². The summed E-state index contributed by atoms with van der Waals surface area (Å²) < 4.78 is 0. The second-order valence-corrected chi connectivity index (χ2v) is 5.85. The topological polar surface area (TPSA) is 42.0 Å². The Kier molecular flexibility index (Phi) is 2.97. The molecule has 1 aromatic rings. The van der Waals surface area contributed by atoms with Gasteiger partial charge in [0.2, 0.25) is 5.91 Å². The van der Waals surface area contributed by atoms with E-state index in [0.29, 0.717) is 18.4 Å². The molecule has 1 fully saturated rings. The number of amides is 1. The van der Waals surface area contributed by atoms with E-state index in [9.17, 15) is 4.79 Å². The van der Waals surface area contributed by atoms with Gasteiger partial charge in [0.25, 0.3) is 0 Å². The van der Waals surface area contributed by atoms with Gasteiger partial charge < -0.3 is 5.32 Å². The maximum atomic E-state index is 12.1. The summed E-state index contributed by atoms with van der Waals surface area (Å²) in [5.74, 6) is 1.50. The van der Waals surface area contributed by atoms with Gasteiger partial charge in [0, 0.05) is 17.5 Å². The minimum absolute atomic E-state index is 0.193. The number of carbonyl (C=O) groups excluding carboxylic acids is 1.